The number of amides is 1. The summed E-state index contributed by atoms with van der Waals surface area (Å²) in [6.07, 6.45) is 2.15. The number of nitrogens with two attached hydrogens (primary N) is 1. The van der Waals surface area contributed by atoms with Crippen LogP contribution in [0.1, 0.15) is 5.56 Å². The molecule has 2 aromatic carbocycles. The minimum atomic E-state index is -0.644. The highest BCUT2D eigenvalue weighted by molar-refractivity contribution is 6.02. The van der Waals surface area contributed by atoms with Gasteiger partial charge in [0.15, 0.2) is 0 Å². The number of benzene rings is 2. The maximum Gasteiger partial charge on any atom is 0.249 e. The summed E-state index contributed by atoms with van der Waals surface area (Å²) in [6.45, 7) is 0. The highest BCUT2D eigenvalue weighted by Gasteiger charge is 2.24. The van der Waals surface area contributed by atoms with Crippen molar-refractivity contribution in [1.29, 1.82) is 0 Å². The van der Waals surface area contributed by atoms with E-state index in [4.69, 9.17) is 5.73 Å². The van der Waals surface area contributed by atoms with Gasteiger partial charge in [0.05, 0.1) is 11.7 Å². The molecule has 4 heteroatoms. The minimum absolute atomic E-state index is 0.177. The van der Waals surface area contributed by atoms with E-state index in [2.05, 4.69) is 4.98 Å². The highest BCUT2D eigenvalue weighted by atomic mass is 16.2. The summed E-state index contributed by atoms with van der Waals surface area (Å²) in [6, 6.07) is 24.1. The lowest BCUT2D eigenvalue weighted by molar-refractivity contribution is -0.119. The van der Waals surface area contributed by atoms with Gasteiger partial charge in [-0.25, -0.2) is 4.98 Å². The Kier molecular flexibility index (Phi) is 4.99. The van der Waals surface area contributed by atoms with Gasteiger partial charge >= 0.3 is 0 Å². The molecule has 1 aromatic heterocycles. The van der Waals surface area contributed by atoms with Gasteiger partial charge in [-0.2, -0.15) is 0 Å². The van der Waals surface area contributed by atoms with Crippen LogP contribution in [-0.4, -0.2) is 16.9 Å². The Morgan fingerprint density at radius 2 is 1.54 bits per heavy atom. The molecule has 24 heavy (non-hydrogen) atoms. The Bertz CT molecular complexity index is 736. The normalized spacial score (nSPS) is 11.7. The molecule has 0 bridgehead atoms. The van der Waals surface area contributed by atoms with Gasteiger partial charge in [-0.15, -0.1) is 0 Å². The van der Waals surface area contributed by atoms with Crippen LogP contribution in [0, 0.1) is 0 Å². The zero-order valence-corrected chi connectivity index (χ0v) is 13.2. The fourth-order valence-electron chi connectivity index (χ4n) is 2.56. The molecule has 1 atom stereocenters. The second kappa shape index (κ2) is 7.53. The van der Waals surface area contributed by atoms with Crippen LogP contribution in [0.2, 0.25) is 0 Å². The van der Waals surface area contributed by atoms with Crippen LogP contribution in [0.4, 0.5) is 11.5 Å². The number of nitrogens with zero attached hydrogens (tertiary/aromatic N) is 2. The van der Waals surface area contributed by atoms with Gasteiger partial charge in [-0.1, -0.05) is 54.6 Å². The molecule has 1 unspecified atom stereocenters. The molecule has 0 saturated carbocycles. The summed E-state index contributed by atoms with van der Waals surface area (Å²) < 4.78 is 0. The topological polar surface area (TPSA) is 59.2 Å². The van der Waals surface area contributed by atoms with Crippen molar-refractivity contribution in [3.05, 3.63) is 90.6 Å². The number of hydrogen-bond donors (Lipinski definition) is 1. The van der Waals surface area contributed by atoms with Crippen LogP contribution in [0.3, 0.4) is 0 Å². The molecule has 0 aliphatic rings. The van der Waals surface area contributed by atoms with Crippen LogP contribution >= 0.6 is 0 Å². The number of hydrogen-bond acceptors (Lipinski definition) is 3. The van der Waals surface area contributed by atoms with Gasteiger partial charge in [0, 0.05) is 6.20 Å². The molecule has 0 spiro atoms. The fraction of sp³-hybridized carbons (Fsp3) is 0.100. The van der Waals surface area contributed by atoms with Gasteiger partial charge in [-0.3, -0.25) is 9.69 Å². The van der Waals surface area contributed by atoms with E-state index in [0.29, 0.717) is 12.2 Å². The van der Waals surface area contributed by atoms with E-state index in [9.17, 15) is 4.79 Å². The summed E-state index contributed by atoms with van der Waals surface area (Å²) >= 11 is 0. The van der Waals surface area contributed by atoms with Crippen molar-refractivity contribution in [2.45, 2.75) is 12.5 Å². The van der Waals surface area contributed by atoms with E-state index in [1.165, 1.54) is 0 Å². The first-order valence-corrected chi connectivity index (χ1v) is 7.85. The third-order valence-electron chi connectivity index (χ3n) is 3.73. The second-order valence-corrected chi connectivity index (χ2v) is 5.49. The number of anilines is 2. The monoisotopic (exact) mass is 317 g/mol. The Morgan fingerprint density at radius 3 is 2.17 bits per heavy atom. The van der Waals surface area contributed by atoms with Crippen molar-refractivity contribution < 1.29 is 4.79 Å². The predicted octanol–water partition coefficient (Wildman–Crippen LogP) is 3.32. The van der Waals surface area contributed by atoms with Gasteiger partial charge in [-0.05, 0) is 36.2 Å². The SMILES string of the molecule is NC(Cc1ccccc1)C(=O)N(c1ccccc1)c1ccccn1. The van der Waals surface area contributed by atoms with Crippen molar-refractivity contribution in [3.63, 3.8) is 0 Å². The molecular formula is C20H19N3O. The van der Waals surface area contributed by atoms with E-state index < -0.39 is 6.04 Å². The maximum absolute atomic E-state index is 13.0. The van der Waals surface area contributed by atoms with Crippen LogP contribution in [0.15, 0.2) is 85.1 Å². The molecule has 1 amide bonds. The molecule has 2 N–H and O–H groups in total. The molecule has 0 fully saturated rings. The van der Waals surface area contributed by atoms with E-state index in [1.54, 1.807) is 17.2 Å². The number of aromatic nitrogens is 1. The molecule has 120 valence electrons. The summed E-state index contributed by atoms with van der Waals surface area (Å²) in [5.74, 6) is 0.390. The van der Waals surface area contributed by atoms with Gasteiger partial charge in [0.1, 0.15) is 5.82 Å². The van der Waals surface area contributed by atoms with Crippen molar-refractivity contribution in [2.24, 2.45) is 5.73 Å². The molecule has 4 nitrogen and oxygen atoms in total. The molecule has 1 heterocycles. The molecule has 0 saturated heterocycles. The third-order valence-corrected chi connectivity index (χ3v) is 3.73. The average molecular weight is 317 g/mol. The Balaban J connectivity index is 1.89. The summed E-state index contributed by atoms with van der Waals surface area (Å²) in [4.78, 5) is 18.9. The van der Waals surface area contributed by atoms with Crippen molar-refractivity contribution >= 4 is 17.4 Å². The standard InChI is InChI=1S/C20H19N3O/c21-18(15-16-9-3-1-4-10-16)20(24)23(17-11-5-2-6-12-17)19-13-7-8-14-22-19/h1-14,18H,15,21H2. The lowest BCUT2D eigenvalue weighted by atomic mass is 10.1. The van der Waals surface area contributed by atoms with Gasteiger partial charge < -0.3 is 5.73 Å². The first-order valence-electron chi connectivity index (χ1n) is 7.85. The molecule has 0 aliphatic carbocycles. The Morgan fingerprint density at radius 1 is 0.917 bits per heavy atom. The zero-order valence-electron chi connectivity index (χ0n) is 13.2. The van der Waals surface area contributed by atoms with E-state index in [1.807, 2.05) is 72.8 Å². The maximum atomic E-state index is 13.0. The molecule has 3 rings (SSSR count). The summed E-state index contributed by atoms with van der Waals surface area (Å²) in [7, 11) is 0. The number of rotatable bonds is 5. The fourth-order valence-corrected chi connectivity index (χ4v) is 2.56. The Hall–Kier alpha value is -2.98. The first kappa shape index (κ1) is 15.9. The average Bonchev–Trinajstić information content (AvgIpc) is 2.64. The Labute approximate surface area is 141 Å². The highest BCUT2D eigenvalue weighted by Crippen LogP contribution is 2.24. The van der Waals surface area contributed by atoms with E-state index >= 15 is 0 Å². The minimum Gasteiger partial charge on any atom is -0.320 e. The van der Waals surface area contributed by atoms with Crippen LogP contribution < -0.4 is 10.6 Å². The van der Waals surface area contributed by atoms with Crippen molar-refractivity contribution in [1.82, 2.24) is 4.98 Å². The lowest BCUT2D eigenvalue weighted by Gasteiger charge is -2.25. The lowest BCUT2D eigenvalue weighted by Crippen LogP contribution is -2.43. The predicted molar refractivity (Wildman–Crippen MR) is 95.9 cm³/mol. The number of pyridine rings is 1. The smallest absolute Gasteiger partial charge is 0.249 e. The molecule has 3 aromatic rings. The largest absolute Gasteiger partial charge is 0.320 e. The van der Waals surface area contributed by atoms with Crippen LogP contribution in [-0.2, 0) is 11.2 Å². The zero-order chi connectivity index (χ0) is 16.8. The van der Waals surface area contributed by atoms with E-state index in [0.717, 1.165) is 11.3 Å². The molecule has 0 aliphatic heterocycles. The quantitative estimate of drug-likeness (QED) is 0.785. The molecule has 0 radical (unpaired) electrons. The summed E-state index contributed by atoms with van der Waals surface area (Å²) in [5.41, 5.74) is 7.99. The van der Waals surface area contributed by atoms with Gasteiger partial charge in [0.25, 0.3) is 0 Å². The second-order valence-electron chi connectivity index (χ2n) is 5.49. The van der Waals surface area contributed by atoms with Crippen molar-refractivity contribution in [2.75, 3.05) is 4.90 Å². The number of carbonyl (C=O) groups is 1. The van der Waals surface area contributed by atoms with Crippen LogP contribution in [0.5, 0.6) is 0 Å². The third kappa shape index (κ3) is 3.67. The molecular weight excluding hydrogens is 298 g/mol. The number of carbonyl (C=O) groups excluding carboxylic acids is 1. The first-order chi connectivity index (χ1) is 11.8. The van der Waals surface area contributed by atoms with Crippen LogP contribution in [0.25, 0.3) is 0 Å². The number of para-hydroxylation sites is 1. The van der Waals surface area contributed by atoms with Gasteiger partial charge in [0.2, 0.25) is 5.91 Å². The summed E-state index contributed by atoms with van der Waals surface area (Å²) in [5, 5.41) is 0. The van der Waals surface area contributed by atoms with Crippen molar-refractivity contribution in [3.8, 4) is 0 Å². The van der Waals surface area contributed by atoms with E-state index in [-0.39, 0.29) is 5.91 Å².